The molecule has 168 valence electrons. The Bertz CT molecular complexity index is 1050. The third-order valence-electron chi connectivity index (χ3n) is 5.91. The van der Waals surface area contributed by atoms with Gasteiger partial charge in [0.2, 0.25) is 0 Å². The van der Waals surface area contributed by atoms with E-state index in [0.29, 0.717) is 31.3 Å². The van der Waals surface area contributed by atoms with Crippen LogP contribution in [0.5, 0.6) is 5.75 Å². The summed E-state index contributed by atoms with van der Waals surface area (Å²) < 4.78 is 33.9. The first kappa shape index (κ1) is 22.0. The summed E-state index contributed by atoms with van der Waals surface area (Å²) in [5.74, 6) is 1.12. The van der Waals surface area contributed by atoms with Crippen LogP contribution >= 0.6 is 0 Å². The molecule has 0 radical (unpaired) electrons. The number of aryl methyl sites for hydroxylation is 1. The van der Waals surface area contributed by atoms with Crippen molar-refractivity contribution in [3.63, 3.8) is 0 Å². The Morgan fingerprint density at radius 2 is 1.78 bits per heavy atom. The number of hydrogen-bond acceptors (Lipinski definition) is 3. The molecule has 1 aliphatic rings. The molecule has 0 spiro atoms. The normalized spacial score (nSPS) is 16.2. The fourth-order valence-electron chi connectivity index (χ4n) is 4.15. The predicted molar refractivity (Wildman–Crippen MR) is 117 cm³/mol. The Labute approximate surface area is 186 Å². The number of rotatable bonds is 7. The van der Waals surface area contributed by atoms with Crippen molar-refractivity contribution in [3.05, 3.63) is 83.4 Å². The maximum absolute atomic E-state index is 13.2. The van der Waals surface area contributed by atoms with Gasteiger partial charge in [0.25, 0.3) is 5.91 Å². The van der Waals surface area contributed by atoms with Gasteiger partial charge < -0.3 is 14.2 Å². The highest BCUT2D eigenvalue weighted by Gasteiger charge is 2.25. The first-order valence-corrected chi connectivity index (χ1v) is 10.9. The lowest BCUT2D eigenvalue weighted by molar-refractivity contribution is -0.135. The number of hydrogen-bond donors (Lipinski definition) is 0. The number of likely N-dealkylation sites (tertiary alicyclic amines) is 1. The van der Waals surface area contributed by atoms with Gasteiger partial charge in [-0.3, -0.25) is 4.79 Å². The molecule has 5 nitrogen and oxygen atoms in total. The largest absolute Gasteiger partial charge is 0.484 e. The van der Waals surface area contributed by atoms with Crippen molar-refractivity contribution >= 4 is 5.91 Å². The van der Waals surface area contributed by atoms with Gasteiger partial charge in [-0.25, -0.2) is 13.8 Å². The van der Waals surface area contributed by atoms with Crippen molar-refractivity contribution in [2.45, 2.75) is 32.7 Å². The van der Waals surface area contributed by atoms with Crippen LogP contribution in [-0.4, -0.2) is 40.1 Å². The van der Waals surface area contributed by atoms with E-state index in [-0.39, 0.29) is 24.1 Å². The van der Waals surface area contributed by atoms with E-state index in [0.717, 1.165) is 36.3 Å². The van der Waals surface area contributed by atoms with Crippen LogP contribution in [-0.2, 0) is 17.8 Å². The summed E-state index contributed by atoms with van der Waals surface area (Å²) in [6.07, 6.45) is 4.61. The number of imidazole rings is 1. The van der Waals surface area contributed by atoms with Crippen LogP contribution in [0.3, 0.4) is 0 Å². The predicted octanol–water partition coefficient (Wildman–Crippen LogP) is 4.38. The second-order valence-corrected chi connectivity index (χ2v) is 8.32. The van der Waals surface area contributed by atoms with Gasteiger partial charge >= 0.3 is 0 Å². The average Bonchev–Trinajstić information content (AvgIpc) is 3.14. The SMILES string of the molecule is Cc1cnc(CC2CCCN(C(=O)COc3ccc(F)cc3)C2)n1Cc1ccc(F)cc1. The van der Waals surface area contributed by atoms with E-state index in [1.807, 2.05) is 18.0 Å². The topological polar surface area (TPSA) is 47.4 Å². The average molecular weight is 440 g/mol. The summed E-state index contributed by atoms with van der Waals surface area (Å²) in [6.45, 7) is 3.97. The molecule has 1 aliphatic heterocycles. The van der Waals surface area contributed by atoms with Crippen molar-refractivity contribution in [1.29, 1.82) is 0 Å². The Morgan fingerprint density at radius 3 is 2.50 bits per heavy atom. The molecular formula is C25H27F2N3O2. The molecule has 1 amide bonds. The third-order valence-corrected chi connectivity index (χ3v) is 5.91. The standard InChI is InChI=1S/C25H27F2N3O2/c1-18-14-28-24(30(18)16-19-4-6-21(26)7-5-19)13-20-3-2-12-29(15-20)25(31)17-32-23-10-8-22(27)9-11-23/h4-11,14,20H,2-3,12-13,15-17H2,1H3. The number of nitrogens with zero attached hydrogens (tertiary/aromatic N) is 3. The van der Waals surface area contributed by atoms with Gasteiger partial charge in [-0.1, -0.05) is 12.1 Å². The molecule has 0 N–H and O–H groups in total. The molecule has 32 heavy (non-hydrogen) atoms. The Hall–Kier alpha value is -3.22. The summed E-state index contributed by atoms with van der Waals surface area (Å²) in [7, 11) is 0. The second kappa shape index (κ2) is 9.94. The Balaban J connectivity index is 1.35. The fourth-order valence-corrected chi connectivity index (χ4v) is 4.15. The molecule has 0 aliphatic carbocycles. The molecule has 0 bridgehead atoms. The number of carbonyl (C=O) groups excluding carboxylic acids is 1. The first-order valence-electron chi connectivity index (χ1n) is 10.9. The molecule has 2 heterocycles. The van der Waals surface area contributed by atoms with Crippen LogP contribution in [0.4, 0.5) is 8.78 Å². The maximum Gasteiger partial charge on any atom is 0.260 e. The van der Waals surface area contributed by atoms with E-state index in [2.05, 4.69) is 9.55 Å². The minimum atomic E-state index is -0.337. The van der Waals surface area contributed by atoms with Crippen molar-refractivity contribution in [1.82, 2.24) is 14.5 Å². The molecule has 7 heteroatoms. The number of carbonyl (C=O) groups is 1. The highest BCUT2D eigenvalue weighted by atomic mass is 19.1. The van der Waals surface area contributed by atoms with Gasteiger partial charge in [-0.15, -0.1) is 0 Å². The van der Waals surface area contributed by atoms with Crippen LogP contribution in [0.2, 0.25) is 0 Å². The summed E-state index contributed by atoms with van der Waals surface area (Å²) in [5, 5.41) is 0. The van der Waals surface area contributed by atoms with Crippen LogP contribution < -0.4 is 4.74 Å². The summed E-state index contributed by atoms with van der Waals surface area (Å²) in [6, 6.07) is 12.2. The van der Waals surface area contributed by atoms with E-state index >= 15 is 0 Å². The monoisotopic (exact) mass is 439 g/mol. The Kier molecular flexibility index (Phi) is 6.83. The van der Waals surface area contributed by atoms with Crippen molar-refractivity contribution in [3.8, 4) is 5.75 Å². The molecule has 1 atom stereocenters. The van der Waals surface area contributed by atoms with Crippen LogP contribution in [0.25, 0.3) is 0 Å². The van der Waals surface area contributed by atoms with Gasteiger partial charge in [0.15, 0.2) is 6.61 Å². The maximum atomic E-state index is 13.2. The van der Waals surface area contributed by atoms with Crippen molar-refractivity contribution < 1.29 is 18.3 Å². The summed E-state index contributed by atoms with van der Waals surface area (Å²) in [5.41, 5.74) is 2.08. The molecule has 1 saturated heterocycles. The second-order valence-electron chi connectivity index (χ2n) is 8.32. The quantitative estimate of drug-likeness (QED) is 0.549. The summed E-state index contributed by atoms with van der Waals surface area (Å²) >= 11 is 0. The van der Waals surface area contributed by atoms with E-state index in [1.54, 1.807) is 12.1 Å². The minimum absolute atomic E-state index is 0.0589. The molecule has 0 saturated carbocycles. The van der Waals surface area contributed by atoms with Crippen LogP contribution in [0.1, 0.15) is 29.9 Å². The van der Waals surface area contributed by atoms with Gasteiger partial charge in [0, 0.05) is 37.9 Å². The first-order chi connectivity index (χ1) is 15.5. The highest BCUT2D eigenvalue weighted by molar-refractivity contribution is 5.77. The molecule has 1 fully saturated rings. The van der Waals surface area contributed by atoms with Gasteiger partial charge in [-0.05, 0) is 67.6 Å². The van der Waals surface area contributed by atoms with Crippen molar-refractivity contribution in [2.75, 3.05) is 19.7 Å². The van der Waals surface area contributed by atoms with Crippen molar-refractivity contribution in [2.24, 2.45) is 5.92 Å². The highest BCUT2D eigenvalue weighted by Crippen LogP contribution is 2.22. The number of benzene rings is 2. The fraction of sp³-hybridized carbons (Fsp3) is 0.360. The van der Waals surface area contributed by atoms with Gasteiger partial charge in [-0.2, -0.15) is 0 Å². The lowest BCUT2D eigenvalue weighted by Crippen LogP contribution is -2.43. The zero-order chi connectivity index (χ0) is 22.5. The zero-order valence-electron chi connectivity index (χ0n) is 18.1. The molecule has 1 aromatic heterocycles. The van der Waals surface area contributed by atoms with E-state index in [4.69, 9.17) is 4.74 Å². The van der Waals surface area contributed by atoms with E-state index < -0.39 is 0 Å². The number of piperidine rings is 1. The third kappa shape index (κ3) is 5.52. The van der Waals surface area contributed by atoms with E-state index in [9.17, 15) is 13.6 Å². The summed E-state index contributed by atoms with van der Waals surface area (Å²) in [4.78, 5) is 19.1. The molecular weight excluding hydrogens is 412 g/mol. The lowest BCUT2D eigenvalue weighted by atomic mass is 9.94. The minimum Gasteiger partial charge on any atom is -0.484 e. The number of halogens is 2. The number of aromatic nitrogens is 2. The Morgan fingerprint density at radius 1 is 1.09 bits per heavy atom. The molecule has 1 unspecified atom stereocenters. The lowest BCUT2D eigenvalue weighted by Gasteiger charge is -2.32. The molecule has 2 aromatic carbocycles. The van der Waals surface area contributed by atoms with Crippen LogP contribution in [0.15, 0.2) is 54.7 Å². The van der Waals surface area contributed by atoms with Crippen LogP contribution in [0, 0.1) is 24.5 Å². The van der Waals surface area contributed by atoms with Gasteiger partial charge in [0.05, 0.1) is 0 Å². The zero-order valence-corrected chi connectivity index (χ0v) is 18.1. The van der Waals surface area contributed by atoms with Gasteiger partial charge in [0.1, 0.15) is 23.2 Å². The smallest absolute Gasteiger partial charge is 0.260 e. The van der Waals surface area contributed by atoms with E-state index in [1.165, 1.54) is 36.4 Å². The molecule has 4 rings (SSSR count). The number of ether oxygens (including phenoxy) is 1. The molecule has 3 aromatic rings. The number of amides is 1.